The van der Waals surface area contributed by atoms with Crippen molar-refractivity contribution in [3.05, 3.63) is 201 Å². The molecule has 4 amide bonds. The summed E-state index contributed by atoms with van der Waals surface area (Å²) in [6.45, 7) is 14.0. The number of Topliss-reactive ketones (excluding diaryl/α,β-unsaturated/α-hetero) is 2. The van der Waals surface area contributed by atoms with Gasteiger partial charge in [-0.25, -0.2) is 19.3 Å². The summed E-state index contributed by atoms with van der Waals surface area (Å²) in [5.74, 6) is 8.02. The molecule has 4 atom stereocenters. The van der Waals surface area contributed by atoms with Crippen molar-refractivity contribution in [2.45, 2.75) is 92.4 Å². The molecule has 2 aromatic heterocycles. The van der Waals surface area contributed by atoms with Crippen LogP contribution in [0.4, 0.5) is 8.78 Å². The number of ketones is 2. The van der Waals surface area contributed by atoms with Gasteiger partial charge in [-0.3, -0.25) is 47.8 Å². The quantitative estimate of drug-likeness (QED) is 0.0323. The van der Waals surface area contributed by atoms with Crippen molar-refractivity contribution < 1.29 is 46.7 Å². The summed E-state index contributed by atoms with van der Waals surface area (Å²) in [6.07, 6.45) is 6.48. The lowest BCUT2D eigenvalue weighted by molar-refractivity contribution is -0.126. The Morgan fingerprint density at radius 3 is 1.39 bits per heavy atom. The summed E-state index contributed by atoms with van der Waals surface area (Å²) in [4.78, 5) is 93.1. The number of benzene rings is 6. The third-order valence-electron chi connectivity index (χ3n) is 17.8. The van der Waals surface area contributed by atoms with Gasteiger partial charge in [0.2, 0.25) is 0 Å². The fraction of sp³-hybridized carbons (Fsp3) is 0.343. The minimum Gasteiger partial charge on any atom is -0.360 e. The molecular formula is C70H81Cl2F2N10O8P. The molecule has 12 rings (SSSR count). The van der Waals surface area contributed by atoms with E-state index >= 15 is 0 Å². The zero-order valence-corrected chi connectivity index (χ0v) is 53.5. The Hall–Kier alpha value is -8.07. The normalized spacial score (nSPS) is 17.5. The molecule has 0 saturated carbocycles. The number of hydrogen-bond donors (Lipinski definition) is 3. The van der Waals surface area contributed by atoms with Gasteiger partial charge in [-0.15, -0.1) is 0 Å². The number of nitrogen functional groups attached to an aromatic ring is 1. The molecule has 5 N–H and O–H groups in total. The Balaban J connectivity index is 0.000000191. The maximum absolute atomic E-state index is 13.7. The number of rotatable bonds is 13. The predicted molar refractivity (Wildman–Crippen MR) is 363 cm³/mol. The van der Waals surface area contributed by atoms with Crippen LogP contribution in [0.3, 0.4) is 0 Å². The first kappa shape index (κ1) is 70.8. The lowest BCUT2D eigenvalue weighted by Gasteiger charge is -2.42. The van der Waals surface area contributed by atoms with Gasteiger partial charge in [0, 0.05) is 129 Å². The van der Waals surface area contributed by atoms with E-state index in [1.54, 1.807) is 92.4 Å². The highest BCUT2D eigenvalue weighted by Crippen LogP contribution is 2.42. The molecule has 23 heteroatoms. The van der Waals surface area contributed by atoms with Crippen LogP contribution in [0.5, 0.6) is 0 Å². The number of carbonyl (C=O) groups is 6. The van der Waals surface area contributed by atoms with Crippen LogP contribution in [0.25, 0.3) is 21.8 Å². The molecule has 18 nitrogen and oxygen atoms in total. The number of carbonyl (C=O) groups excluding carboxylic acids is 6. The van der Waals surface area contributed by atoms with Crippen LogP contribution in [0.2, 0.25) is 10.0 Å². The molecule has 0 radical (unpaired) electrons. The van der Waals surface area contributed by atoms with Gasteiger partial charge in [-0.2, -0.15) is 0 Å². The lowest BCUT2D eigenvalue weighted by atomic mass is 10.0. The van der Waals surface area contributed by atoms with E-state index in [1.165, 1.54) is 41.3 Å². The van der Waals surface area contributed by atoms with E-state index in [2.05, 4.69) is 28.6 Å². The molecule has 93 heavy (non-hydrogen) atoms. The van der Waals surface area contributed by atoms with Gasteiger partial charge in [0.1, 0.15) is 11.6 Å². The SMILES string of the molecule is C.C.C[C@H](c1ccc(F)cc1)N1CCN(C(=O)c2cc3c(C(=O)C(=O)N4CCCC4)c[nH]c3cc2Cl)[C@H](C)C1.C[C@H](c1ccc(F)cc1)N1CCN(C(=O)c2cc3c(C(=O)C(=O)N4CCCC4)cn(N)c3cc2Cl)[C@H](C)C1.NOP(=O)(c1ccccc1)c1ccccc1. The largest absolute Gasteiger partial charge is 0.360 e. The summed E-state index contributed by atoms with van der Waals surface area (Å²) in [6, 6.07) is 37.3. The minimum absolute atomic E-state index is 0. The maximum atomic E-state index is 13.7. The number of nitrogens with one attached hydrogen (secondary N) is 1. The predicted octanol–water partition coefficient (Wildman–Crippen LogP) is 11.6. The Morgan fingerprint density at radius 1 is 0.559 bits per heavy atom. The monoisotopic (exact) mass is 1330 g/mol. The number of nitrogens with zero attached hydrogens (tertiary/aromatic N) is 7. The number of piperazine rings is 2. The van der Waals surface area contributed by atoms with Crippen molar-refractivity contribution in [3.8, 4) is 0 Å². The van der Waals surface area contributed by atoms with E-state index in [1.807, 2.05) is 50.2 Å². The summed E-state index contributed by atoms with van der Waals surface area (Å²) >= 11 is 13.1. The summed E-state index contributed by atoms with van der Waals surface area (Å²) in [7, 11) is -3.13. The first-order valence-electron chi connectivity index (χ1n) is 30.5. The fourth-order valence-corrected chi connectivity index (χ4v) is 14.6. The Morgan fingerprint density at radius 2 is 0.968 bits per heavy atom. The highest BCUT2D eigenvalue weighted by Gasteiger charge is 2.36. The molecule has 0 spiro atoms. The van der Waals surface area contributed by atoms with Crippen LogP contribution < -0.4 is 22.3 Å². The van der Waals surface area contributed by atoms with Crippen LogP contribution in [0.1, 0.15) is 133 Å². The number of aromatic amines is 1. The number of fused-ring (bicyclic) bond motifs is 2. The van der Waals surface area contributed by atoms with Crippen molar-refractivity contribution in [2.24, 2.45) is 5.90 Å². The summed E-state index contributed by atoms with van der Waals surface area (Å²) in [5.41, 5.74) is 4.09. The molecule has 0 aliphatic carbocycles. The Labute approximate surface area is 551 Å². The van der Waals surface area contributed by atoms with E-state index in [4.69, 9.17) is 39.6 Å². The molecular weight excluding hydrogens is 1250 g/mol. The van der Waals surface area contributed by atoms with E-state index in [0.29, 0.717) is 108 Å². The van der Waals surface area contributed by atoms with Crippen molar-refractivity contribution in [2.75, 3.05) is 71.3 Å². The van der Waals surface area contributed by atoms with Crippen molar-refractivity contribution in [1.29, 1.82) is 0 Å². The van der Waals surface area contributed by atoms with Gasteiger partial charge in [-0.05, 0) is 137 Å². The van der Waals surface area contributed by atoms with Crippen molar-refractivity contribution in [3.63, 3.8) is 0 Å². The third kappa shape index (κ3) is 15.3. The zero-order valence-electron chi connectivity index (χ0n) is 51.1. The Bertz CT molecular complexity index is 3990. The van der Waals surface area contributed by atoms with Gasteiger partial charge in [0.05, 0.1) is 37.8 Å². The molecule has 492 valence electrons. The van der Waals surface area contributed by atoms with E-state index in [0.717, 1.165) is 36.8 Å². The minimum atomic E-state index is -3.13. The van der Waals surface area contributed by atoms with E-state index in [-0.39, 0.29) is 84.2 Å². The molecule has 6 heterocycles. The second-order valence-corrected chi connectivity index (χ2v) is 26.7. The number of H-pyrrole nitrogens is 1. The lowest BCUT2D eigenvalue weighted by Crippen LogP contribution is -2.54. The average molecular weight is 1330 g/mol. The maximum Gasteiger partial charge on any atom is 0.295 e. The molecule has 4 aliphatic heterocycles. The van der Waals surface area contributed by atoms with Crippen LogP contribution in [0.15, 0.2) is 146 Å². The number of likely N-dealkylation sites (tertiary alicyclic amines) is 2. The highest BCUT2D eigenvalue weighted by molar-refractivity contribution is 7.74. The van der Waals surface area contributed by atoms with Gasteiger partial charge in [0.15, 0.2) is 0 Å². The topological polar surface area (TPSA) is 221 Å². The second kappa shape index (κ2) is 30.8. The first-order valence-corrected chi connectivity index (χ1v) is 32.8. The smallest absolute Gasteiger partial charge is 0.295 e. The van der Waals surface area contributed by atoms with Crippen LogP contribution in [0, 0.1) is 11.6 Å². The number of nitrogens with two attached hydrogens (primary N) is 2. The molecule has 4 aliphatic rings. The second-order valence-electron chi connectivity index (χ2n) is 23.5. The van der Waals surface area contributed by atoms with Crippen LogP contribution >= 0.6 is 30.6 Å². The molecule has 6 aromatic carbocycles. The summed E-state index contributed by atoms with van der Waals surface area (Å²) in [5, 5.41) is 2.66. The van der Waals surface area contributed by atoms with Gasteiger partial charge >= 0.3 is 0 Å². The van der Waals surface area contributed by atoms with Crippen molar-refractivity contribution in [1.82, 2.24) is 39.1 Å². The molecule has 0 bridgehead atoms. The zero-order chi connectivity index (χ0) is 64.8. The van der Waals surface area contributed by atoms with Crippen LogP contribution in [-0.2, 0) is 18.8 Å². The first-order chi connectivity index (χ1) is 43.7. The summed E-state index contributed by atoms with van der Waals surface area (Å²) < 4.78 is 45.4. The number of halogens is 4. The van der Waals surface area contributed by atoms with Gasteiger partial charge in [0.25, 0.3) is 42.6 Å². The molecule has 0 unspecified atom stereocenters. The number of amides is 4. The molecule has 4 saturated heterocycles. The van der Waals surface area contributed by atoms with Gasteiger partial charge < -0.3 is 30.4 Å². The molecule has 8 aromatic rings. The fourth-order valence-electron chi connectivity index (χ4n) is 12.5. The molecule has 4 fully saturated rings. The standard InChI is InChI=1S/C28H31ClFN5O3.C28H30ClFN4O3.C12H12NO2P.2CH4/c1-17-15-33(18(2)19-5-7-20(30)8-6-19)11-12-34(17)27(37)22-13-21-23(16-35(31)25(21)14-24(22)29)26(36)28(38)32-9-3-4-10-32;1-17-16-33(18(2)19-5-7-20(30)8-6-19)11-12-34(17)27(36)22-13-21-23(15-31-25(21)14-24(22)29)26(35)28(37)32-9-3-4-10-32;13-15-16(14,11-7-3-1-4-8-11)12-9-5-2-6-10-12;;/h5-8,13-14,16-18H,3-4,9-12,15,31H2,1-2H3;5-8,13-15,17-18,31H,3-4,9-12,16H2,1-2H3;1-10H,13H2;2*1H4/t2*17-,18-;;;/m11.../s1. The third-order valence-corrected chi connectivity index (χ3v) is 20.7. The van der Waals surface area contributed by atoms with Crippen LogP contribution in [-0.4, -0.2) is 152 Å². The number of hydrogen-bond acceptors (Lipinski definition) is 12. The average Bonchev–Trinajstić information content (AvgIpc) is 1.71. The highest BCUT2D eigenvalue weighted by atomic mass is 35.5. The van der Waals surface area contributed by atoms with Crippen molar-refractivity contribution >= 4 is 98.2 Å². The van der Waals surface area contributed by atoms with E-state index in [9.17, 15) is 42.1 Å². The number of aromatic nitrogens is 2. The van der Waals surface area contributed by atoms with E-state index < -0.39 is 30.7 Å². The Kier molecular flexibility index (Phi) is 23.4. The van der Waals surface area contributed by atoms with Gasteiger partial charge in [-0.1, -0.05) is 98.7 Å².